The molecule has 0 radical (unpaired) electrons. The predicted octanol–water partition coefficient (Wildman–Crippen LogP) is 7.57. The molecule has 1 aromatic carbocycles. The number of benzene rings is 1. The van der Waals surface area contributed by atoms with Gasteiger partial charge >= 0.3 is 12.2 Å². The molecule has 3 aromatic heterocycles. The number of aromatic nitrogens is 5. The number of amides is 2. The van der Waals surface area contributed by atoms with Crippen LogP contribution in [0.1, 0.15) is 106 Å². The number of aromatic amines is 1. The van der Waals surface area contributed by atoms with E-state index in [0.29, 0.717) is 23.7 Å². The van der Waals surface area contributed by atoms with Gasteiger partial charge in [0.25, 0.3) is 0 Å². The first-order valence-corrected chi connectivity index (χ1v) is 20.7. The summed E-state index contributed by atoms with van der Waals surface area (Å²) in [5.74, 6) is 1.19. The Labute approximate surface area is 333 Å². The SMILES string of the molecule is CC(C)(C)OC(=O)N1CC2(CC(N3CCC(c4cnc(N5CCc6[nH]c7nnc(Cl)cc7c6[C@H]5CCCCCNC(=O)OCc5ccccc5)nc4)CC3)C2)C1. The van der Waals surface area contributed by atoms with Crippen LogP contribution in [0, 0.1) is 5.41 Å². The van der Waals surface area contributed by atoms with Crippen LogP contribution in [0.3, 0.4) is 0 Å². The van der Waals surface area contributed by atoms with Crippen molar-refractivity contribution in [1.29, 1.82) is 0 Å². The first-order valence-electron chi connectivity index (χ1n) is 20.3. The van der Waals surface area contributed by atoms with Crippen LogP contribution >= 0.6 is 11.6 Å². The number of nitrogens with one attached hydrogen (secondary N) is 2. The molecule has 0 bridgehead atoms. The highest BCUT2D eigenvalue weighted by molar-refractivity contribution is 6.29. The second kappa shape index (κ2) is 16.2. The number of carbonyl (C=O) groups excluding carboxylic acids is 2. The number of halogens is 1. The second-order valence-corrected chi connectivity index (χ2v) is 17.7. The van der Waals surface area contributed by atoms with E-state index in [-0.39, 0.29) is 24.2 Å². The molecule has 4 aromatic rings. The molecule has 1 saturated carbocycles. The van der Waals surface area contributed by atoms with Gasteiger partial charge in [0, 0.05) is 73.1 Å². The number of fused-ring (bicyclic) bond motifs is 3. The Balaban J connectivity index is 0.839. The molecule has 1 spiro atoms. The summed E-state index contributed by atoms with van der Waals surface area (Å²) in [5, 5.41) is 12.7. The van der Waals surface area contributed by atoms with Crippen LogP contribution in [0.4, 0.5) is 15.5 Å². The molecule has 2 amide bonds. The van der Waals surface area contributed by atoms with E-state index in [4.69, 9.17) is 31.0 Å². The molecule has 2 N–H and O–H groups in total. The van der Waals surface area contributed by atoms with Crippen molar-refractivity contribution in [2.75, 3.05) is 44.2 Å². The average molecular weight is 784 g/mol. The smallest absolute Gasteiger partial charge is 0.410 e. The van der Waals surface area contributed by atoms with Gasteiger partial charge in [-0.3, -0.25) is 0 Å². The van der Waals surface area contributed by atoms with Gasteiger partial charge in [-0.05, 0) is 95.5 Å². The molecule has 4 aliphatic rings. The maximum absolute atomic E-state index is 12.4. The predicted molar refractivity (Wildman–Crippen MR) is 215 cm³/mol. The fraction of sp³-hybridized carbons (Fsp3) is 0.571. The molecule has 298 valence electrons. The van der Waals surface area contributed by atoms with Crippen LogP contribution in [0.5, 0.6) is 0 Å². The number of nitrogens with zero attached hydrogens (tertiary/aromatic N) is 7. The molecule has 8 rings (SSSR count). The van der Waals surface area contributed by atoms with Crippen LogP contribution < -0.4 is 10.2 Å². The van der Waals surface area contributed by atoms with Gasteiger partial charge in [0.1, 0.15) is 12.2 Å². The van der Waals surface area contributed by atoms with Crippen molar-refractivity contribution in [2.24, 2.45) is 5.41 Å². The summed E-state index contributed by atoms with van der Waals surface area (Å²) in [7, 11) is 0. The molecule has 1 aliphatic carbocycles. The van der Waals surface area contributed by atoms with Crippen molar-refractivity contribution in [2.45, 2.75) is 109 Å². The van der Waals surface area contributed by atoms with E-state index in [9.17, 15) is 9.59 Å². The lowest BCUT2D eigenvalue weighted by Gasteiger charge is -2.61. The molecular formula is C42H54ClN9O4. The summed E-state index contributed by atoms with van der Waals surface area (Å²) >= 11 is 6.36. The third kappa shape index (κ3) is 8.58. The highest BCUT2D eigenvalue weighted by Gasteiger charge is 2.55. The minimum Gasteiger partial charge on any atom is -0.445 e. The molecule has 56 heavy (non-hydrogen) atoms. The van der Waals surface area contributed by atoms with Gasteiger partial charge in [0.2, 0.25) is 5.95 Å². The maximum atomic E-state index is 12.4. The van der Waals surface area contributed by atoms with Crippen molar-refractivity contribution >= 4 is 40.8 Å². The number of hydrogen-bond donors (Lipinski definition) is 2. The third-order valence-electron chi connectivity index (χ3n) is 12.1. The number of unbranched alkanes of at least 4 members (excludes halogenated alkanes) is 2. The van der Waals surface area contributed by atoms with E-state index in [1.54, 1.807) is 0 Å². The zero-order valence-electron chi connectivity index (χ0n) is 32.8. The number of ether oxygens (including phenoxy) is 2. The molecular weight excluding hydrogens is 730 g/mol. The number of hydrogen-bond acceptors (Lipinski definition) is 10. The summed E-state index contributed by atoms with van der Waals surface area (Å²) in [5.41, 5.74) is 5.12. The number of carbonyl (C=O) groups is 2. The molecule has 3 aliphatic heterocycles. The largest absolute Gasteiger partial charge is 0.445 e. The third-order valence-corrected chi connectivity index (χ3v) is 12.3. The Morgan fingerprint density at radius 3 is 2.48 bits per heavy atom. The van der Waals surface area contributed by atoms with Gasteiger partial charge in [-0.15, -0.1) is 10.2 Å². The molecule has 0 unspecified atom stereocenters. The van der Waals surface area contributed by atoms with Crippen LogP contribution in [-0.4, -0.2) is 98.0 Å². The van der Waals surface area contributed by atoms with Gasteiger partial charge in [-0.2, -0.15) is 0 Å². The molecule has 3 fully saturated rings. The quantitative estimate of drug-likeness (QED) is 0.146. The van der Waals surface area contributed by atoms with Gasteiger partial charge in [0.15, 0.2) is 10.8 Å². The zero-order chi connectivity index (χ0) is 38.9. The maximum Gasteiger partial charge on any atom is 0.410 e. The summed E-state index contributed by atoms with van der Waals surface area (Å²) in [6.45, 7) is 11.2. The lowest BCUT2D eigenvalue weighted by Crippen LogP contribution is -2.68. The minimum atomic E-state index is -0.454. The number of H-pyrrole nitrogens is 1. The normalized spacial score (nSPS) is 20.0. The molecule has 1 atom stereocenters. The highest BCUT2D eigenvalue weighted by atomic mass is 35.5. The van der Waals surface area contributed by atoms with Gasteiger partial charge < -0.3 is 34.5 Å². The van der Waals surface area contributed by atoms with E-state index in [2.05, 4.69) is 30.3 Å². The van der Waals surface area contributed by atoms with E-state index in [1.807, 2.05) is 74.5 Å². The summed E-state index contributed by atoms with van der Waals surface area (Å²) in [6, 6.07) is 12.3. The van der Waals surface area contributed by atoms with Crippen LogP contribution in [0.2, 0.25) is 5.15 Å². The molecule has 13 nitrogen and oxygen atoms in total. The number of rotatable bonds is 11. The number of piperidine rings is 1. The van der Waals surface area contributed by atoms with Crippen molar-refractivity contribution in [3.8, 4) is 0 Å². The number of alkyl carbamates (subject to hydrolysis) is 1. The van der Waals surface area contributed by atoms with Crippen molar-refractivity contribution in [1.82, 2.24) is 40.3 Å². The van der Waals surface area contributed by atoms with Crippen LogP contribution in [-0.2, 0) is 22.5 Å². The van der Waals surface area contributed by atoms with E-state index < -0.39 is 11.7 Å². The summed E-state index contributed by atoms with van der Waals surface area (Å²) in [4.78, 5) is 45.0. The Morgan fingerprint density at radius 1 is 1.00 bits per heavy atom. The lowest BCUT2D eigenvalue weighted by molar-refractivity contribution is -0.110. The van der Waals surface area contributed by atoms with Crippen LogP contribution in [0.25, 0.3) is 11.0 Å². The van der Waals surface area contributed by atoms with Crippen molar-refractivity contribution in [3.63, 3.8) is 0 Å². The Bertz CT molecular complexity index is 1980. The molecule has 2 saturated heterocycles. The van der Waals surface area contributed by atoms with E-state index in [1.165, 1.54) is 29.7 Å². The van der Waals surface area contributed by atoms with E-state index >= 15 is 0 Å². The Morgan fingerprint density at radius 2 is 1.75 bits per heavy atom. The lowest BCUT2D eigenvalue weighted by atomic mass is 9.60. The molecule has 6 heterocycles. The number of anilines is 1. The fourth-order valence-electron chi connectivity index (χ4n) is 9.27. The standard InChI is InChI=1S/C42H54ClN9O4/c1-41(2,3)56-40(54)51-26-42(27-51)21-31(22-42)50-17-13-29(14-18-50)30-23-45-38(46-24-30)52-19-15-33-36(32-20-35(43)48-49-37(32)47-33)34(52)12-8-5-9-16-44-39(53)55-25-28-10-6-4-7-11-28/h4,6-7,10-11,20,23-24,29,31,34H,5,8-9,12-19,21-22,25-27H2,1-3H3,(H,44,53)(H,47,49)/t34-/m1/s1. The second-order valence-electron chi connectivity index (χ2n) is 17.3. The summed E-state index contributed by atoms with van der Waals surface area (Å²) < 4.78 is 10.9. The van der Waals surface area contributed by atoms with Gasteiger partial charge in [-0.1, -0.05) is 54.8 Å². The minimum absolute atomic E-state index is 0.0447. The monoisotopic (exact) mass is 783 g/mol. The van der Waals surface area contributed by atoms with Crippen molar-refractivity contribution in [3.05, 3.63) is 76.3 Å². The number of likely N-dealkylation sites (tertiary alicyclic amines) is 2. The zero-order valence-corrected chi connectivity index (χ0v) is 33.6. The average Bonchev–Trinajstić information content (AvgIpc) is 3.52. The van der Waals surface area contributed by atoms with Crippen molar-refractivity contribution < 1.29 is 19.1 Å². The van der Waals surface area contributed by atoms with Crippen LogP contribution in [0.15, 0.2) is 48.8 Å². The summed E-state index contributed by atoms with van der Waals surface area (Å²) in [6.07, 6.45) is 12.5. The van der Waals surface area contributed by atoms with Gasteiger partial charge in [0.05, 0.1) is 6.04 Å². The first kappa shape index (κ1) is 38.4. The Hall–Kier alpha value is -4.49. The van der Waals surface area contributed by atoms with E-state index in [0.717, 1.165) is 100 Å². The topological polar surface area (TPSA) is 142 Å². The first-order chi connectivity index (χ1) is 27.0. The fourth-order valence-corrected chi connectivity index (χ4v) is 9.41. The highest BCUT2D eigenvalue weighted by Crippen LogP contribution is 2.51. The molecule has 14 heteroatoms. The Kier molecular flexibility index (Phi) is 11.1. The van der Waals surface area contributed by atoms with Gasteiger partial charge in [-0.25, -0.2) is 19.6 Å².